The topological polar surface area (TPSA) is 59.4 Å². The number of halogens is 4. The molecule has 1 heterocycles. The van der Waals surface area contributed by atoms with Crippen molar-refractivity contribution in [3.63, 3.8) is 0 Å². The Hall–Kier alpha value is -1.24. The quantitative estimate of drug-likeness (QED) is 0.911. The van der Waals surface area contributed by atoms with Gasteiger partial charge in [-0.25, -0.2) is 0 Å². The first-order valence-corrected chi connectivity index (χ1v) is 6.32. The van der Waals surface area contributed by atoms with Crippen molar-refractivity contribution >= 4 is 22.6 Å². The molecule has 2 aromatic rings. The maximum atomic E-state index is 13.2. The third kappa shape index (κ3) is 2.17. The molecular weight excluding hydrogens is 295 g/mol. The van der Waals surface area contributed by atoms with E-state index in [4.69, 9.17) is 21.8 Å². The van der Waals surface area contributed by atoms with Crippen LogP contribution in [0.1, 0.15) is 19.1 Å². The van der Waals surface area contributed by atoms with Crippen molar-refractivity contribution in [3.8, 4) is 0 Å². The molecule has 0 spiro atoms. The normalized spacial score (nSPS) is 17.1. The van der Waals surface area contributed by atoms with Crippen LogP contribution >= 0.6 is 11.6 Å². The summed E-state index contributed by atoms with van der Waals surface area (Å²) in [5.41, 5.74) is 2.31. The highest BCUT2D eigenvalue weighted by atomic mass is 35.5. The van der Waals surface area contributed by atoms with E-state index in [9.17, 15) is 18.3 Å². The predicted octanol–water partition coefficient (Wildman–Crippen LogP) is 3.57. The highest BCUT2D eigenvalue weighted by Gasteiger charge is 2.60. The van der Waals surface area contributed by atoms with E-state index in [2.05, 4.69) is 0 Å². The van der Waals surface area contributed by atoms with E-state index in [-0.39, 0.29) is 17.0 Å². The Balaban J connectivity index is 2.66. The van der Waals surface area contributed by atoms with Crippen LogP contribution in [0, 0.1) is 0 Å². The maximum Gasteiger partial charge on any atom is 0.426 e. The van der Waals surface area contributed by atoms with E-state index >= 15 is 0 Å². The number of rotatable bonds is 3. The summed E-state index contributed by atoms with van der Waals surface area (Å²) >= 11 is 5.86. The fourth-order valence-corrected chi connectivity index (χ4v) is 2.26. The third-order valence-electron chi connectivity index (χ3n) is 3.28. The number of aliphatic hydroxyl groups is 1. The monoisotopic (exact) mass is 307 g/mol. The highest BCUT2D eigenvalue weighted by Crippen LogP contribution is 2.44. The third-order valence-corrected chi connectivity index (χ3v) is 3.58. The van der Waals surface area contributed by atoms with Crippen molar-refractivity contribution < 1.29 is 22.7 Å². The fraction of sp³-hybridized carbons (Fsp3) is 0.385. The summed E-state index contributed by atoms with van der Waals surface area (Å²) in [7, 11) is 0. The Morgan fingerprint density at radius 3 is 2.55 bits per heavy atom. The summed E-state index contributed by atoms with van der Waals surface area (Å²) in [6.45, 7) is 1.46. The minimum absolute atomic E-state index is 0.0687. The lowest BCUT2D eigenvalue weighted by atomic mass is 9.89. The zero-order chi connectivity index (χ0) is 15.1. The van der Waals surface area contributed by atoms with Crippen LogP contribution in [0.15, 0.2) is 28.7 Å². The highest BCUT2D eigenvalue weighted by molar-refractivity contribution is 6.34. The van der Waals surface area contributed by atoms with Crippen LogP contribution in [0.3, 0.4) is 0 Å². The molecule has 2 unspecified atom stereocenters. The van der Waals surface area contributed by atoms with E-state index in [1.165, 1.54) is 13.0 Å². The maximum absolute atomic E-state index is 13.2. The van der Waals surface area contributed by atoms with E-state index < -0.39 is 23.6 Å². The average molecular weight is 308 g/mol. The summed E-state index contributed by atoms with van der Waals surface area (Å²) in [6.07, 6.45) is -5.02. The molecule has 0 saturated carbocycles. The first-order chi connectivity index (χ1) is 9.21. The van der Waals surface area contributed by atoms with Crippen LogP contribution in [-0.4, -0.2) is 17.3 Å². The summed E-state index contributed by atoms with van der Waals surface area (Å²) in [6, 6.07) is 4.19. The Bertz CT molecular complexity index is 626. The standard InChI is InChI=1S/C13H13ClF3NO2/c1-2-9(18)12(19,13(15,16)17)10-6-7-4-3-5-8(14)11(7)20-10/h3-6,9,19H,2,18H2,1H3. The van der Waals surface area contributed by atoms with Gasteiger partial charge in [0.25, 0.3) is 0 Å². The van der Waals surface area contributed by atoms with Crippen molar-refractivity contribution in [3.05, 3.63) is 35.0 Å². The molecule has 0 bridgehead atoms. The molecule has 110 valence electrons. The van der Waals surface area contributed by atoms with Gasteiger partial charge in [-0.05, 0) is 18.6 Å². The second-order valence-electron chi connectivity index (χ2n) is 4.55. The Morgan fingerprint density at radius 2 is 2.05 bits per heavy atom. The van der Waals surface area contributed by atoms with Crippen molar-refractivity contribution in [1.82, 2.24) is 0 Å². The summed E-state index contributed by atoms with van der Waals surface area (Å²) < 4.78 is 44.8. The second kappa shape index (κ2) is 4.95. The molecule has 1 aromatic heterocycles. The number of para-hydroxylation sites is 1. The number of hydrogen-bond donors (Lipinski definition) is 2. The first kappa shape index (κ1) is 15.2. The number of furan rings is 1. The molecule has 0 aliphatic carbocycles. The second-order valence-corrected chi connectivity index (χ2v) is 4.95. The molecule has 2 atom stereocenters. The molecule has 0 saturated heterocycles. The molecule has 3 nitrogen and oxygen atoms in total. The molecular formula is C13H13ClF3NO2. The van der Waals surface area contributed by atoms with Crippen molar-refractivity contribution in [2.45, 2.75) is 31.2 Å². The van der Waals surface area contributed by atoms with E-state index in [1.807, 2.05) is 0 Å². The van der Waals surface area contributed by atoms with Crippen LogP contribution in [0.5, 0.6) is 0 Å². The zero-order valence-electron chi connectivity index (χ0n) is 10.5. The van der Waals surface area contributed by atoms with Crippen LogP contribution in [-0.2, 0) is 5.60 Å². The van der Waals surface area contributed by atoms with Crippen LogP contribution in [0.2, 0.25) is 5.02 Å². The van der Waals surface area contributed by atoms with Gasteiger partial charge in [0, 0.05) is 11.4 Å². The minimum atomic E-state index is -4.96. The fourth-order valence-electron chi connectivity index (χ4n) is 2.04. The molecule has 0 amide bonds. The lowest BCUT2D eigenvalue weighted by Gasteiger charge is -2.33. The van der Waals surface area contributed by atoms with Gasteiger partial charge in [0.2, 0.25) is 5.60 Å². The number of alkyl halides is 3. The van der Waals surface area contributed by atoms with Gasteiger partial charge in [-0.2, -0.15) is 13.2 Å². The molecule has 2 rings (SSSR count). The SMILES string of the molecule is CCC(N)C(O)(c1cc2cccc(Cl)c2o1)C(F)(F)F. The summed E-state index contributed by atoms with van der Waals surface area (Å²) in [4.78, 5) is 0. The number of fused-ring (bicyclic) bond motifs is 1. The van der Waals surface area contributed by atoms with E-state index in [1.54, 1.807) is 12.1 Å². The van der Waals surface area contributed by atoms with Crippen molar-refractivity contribution in [2.75, 3.05) is 0 Å². The van der Waals surface area contributed by atoms with Gasteiger partial charge < -0.3 is 15.3 Å². The average Bonchev–Trinajstić information content (AvgIpc) is 2.81. The van der Waals surface area contributed by atoms with Gasteiger partial charge >= 0.3 is 6.18 Å². The molecule has 0 fully saturated rings. The lowest BCUT2D eigenvalue weighted by Crippen LogP contribution is -2.55. The Morgan fingerprint density at radius 1 is 1.40 bits per heavy atom. The Kier molecular flexibility index (Phi) is 3.75. The van der Waals surface area contributed by atoms with Crippen LogP contribution < -0.4 is 5.73 Å². The van der Waals surface area contributed by atoms with Gasteiger partial charge in [-0.3, -0.25) is 0 Å². The molecule has 7 heteroatoms. The number of hydrogen-bond acceptors (Lipinski definition) is 3. The first-order valence-electron chi connectivity index (χ1n) is 5.95. The number of benzene rings is 1. The van der Waals surface area contributed by atoms with Gasteiger partial charge in [-0.15, -0.1) is 0 Å². The van der Waals surface area contributed by atoms with Gasteiger partial charge in [0.05, 0.1) is 5.02 Å². The van der Waals surface area contributed by atoms with Gasteiger partial charge in [0.1, 0.15) is 5.76 Å². The van der Waals surface area contributed by atoms with Gasteiger partial charge in [0.15, 0.2) is 5.58 Å². The molecule has 20 heavy (non-hydrogen) atoms. The zero-order valence-corrected chi connectivity index (χ0v) is 11.3. The molecule has 3 N–H and O–H groups in total. The molecule has 0 aliphatic rings. The summed E-state index contributed by atoms with van der Waals surface area (Å²) in [5.74, 6) is -0.651. The van der Waals surface area contributed by atoms with E-state index in [0.717, 1.165) is 6.07 Å². The van der Waals surface area contributed by atoms with Crippen molar-refractivity contribution in [1.29, 1.82) is 0 Å². The molecule has 0 radical (unpaired) electrons. The van der Waals surface area contributed by atoms with Crippen molar-refractivity contribution in [2.24, 2.45) is 5.73 Å². The molecule has 1 aromatic carbocycles. The Labute approximate surface area is 118 Å². The summed E-state index contributed by atoms with van der Waals surface area (Å²) in [5, 5.41) is 10.6. The predicted molar refractivity (Wildman–Crippen MR) is 69.4 cm³/mol. The van der Waals surface area contributed by atoms with Crippen LogP contribution in [0.4, 0.5) is 13.2 Å². The van der Waals surface area contributed by atoms with E-state index in [0.29, 0.717) is 5.39 Å². The lowest BCUT2D eigenvalue weighted by molar-refractivity contribution is -0.280. The minimum Gasteiger partial charge on any atom is -0.456 e. The number of nitrogens with two attached hydrogens (primary N) is 1. The smallest absolute Gasteiger partial charge is 0.426 e. The molecule has 0 aliphatic heterocycles. The van der Waals surface area contributed by atoms with Crippen LogP contribution in [0.25, 0.3) is 11.0 Å². The van der Waals surface area contributed by atoms with Gasteiger partial charge in [-0.1, -0.05) is 30.7 Å². The largest absolute Gasteiger partial charge is 0.456 e.